The van der Waals surface area contributed by atoms with Gasteiger partial charge in [-0.1, -0.05) is 19.1 Å². The summed E-state index contributed by atoms with van der Waals surface area (Å²) in [5.41, 5.74) is 0.283. The predicted molar refractivity (Wildman–Crippen MR) is 73.3 cm³/mol. The third-order valence-corrected chi connectivity index (χ3v) is 3.42. The number of carbonyl (C=O) groups is 1. The molecule has 0 bridgehead atoms. The molecular weight excluding hydrogens is 244 g/mol. The van der Waals surface area contributed by atoms with Crippen molar-refractivity contribution in [1.29, 1.82) is 0 Å². The summed E-state index contributed by atoms with van der Waals surface area (Å²) < 4.78 is 7.01. The van der Waals surface area contributed by atoms with E-state index in [2.05, 4.69) is 29.5 Å². The maximum atomic E-state index is 12.0. The van der Waals surface area contributed by atoms with E-state index in [9.17, 15) is 4.79 Å². The van der Waals surface area contributed by atoms with Crippen LogP contribution in [0.2, 0.25) is 0 Å². The second-order valence-electron chi connectivity index (χ2n) is 4.47. The van der Waals surface area contributed by atoms with Crippen LogP contribution in [-0.4, -0.2) is 40.2 Å². The lowest BCUT2D eigenvalue weighted by atomic mass is 9.97. The van der Waals surface area contributed by atoms with Crippen LogP contribution < -0.4 is 5.32 Å². The van der Waals surface area contributed by atoms with Crippen LogP contribution in [0.1, 0.15) is 33.6 Å². The Bertz CT molecular complexity index is 414. The molecule has 6 nitrogen and oxygen atoms in total. The Kier molecular flexibility index (Phi) is 5.69. The van der Waals surface area contributed by atoms with Gasteiger partial charge in [-0.2, -0.15) is 0 Å². The molecule has 0 aliphatic heterocycles. The highest BCUT2D eigenvalue weighted by Gasteiger charge is 2.26. The lowest BCUT2D eigenvalue weighted by Crippen LogP contribution is -2.43. The minimum atomic E-state index is -0.288. The fourth-order valence-electron chi connectivity index (χ4n) is 1.78. The average Bonchev–Trinajstić information content (AvgIpc) is 2.93. The summed E-state index contributed by atoms with van der Waals surface area (Å²) in [7, 11) is 1.68. The standard InChI is InChI=1S/C13H22N4O2/c1-5-13(6-2,19-4)10-14-12(18)11(3)9-17-8-7-15-16-17/h7-9H,5-6,10H2,1-4H3,(H,14,18)/b11-9+. The van der Waals surface area contributed by atoms with E-state index in [0.29, 0.717) is 12.1 Å². The van der Waals surface area contributed by atoms with Crippen LogP contribution in [-0.2, 0) is 9.53 Å². The average molecular weight is 266 g/mol. The highest BCUT2D eigenvalue weighted by atomic mass is 16.5. The number of ether oxygens (including phenoxy) is 1. The van der Waals surface area contributed by atoms with Gasteiger partial charge in [0, 0.05) is 25.4 Å². The van der Waals surface area contributed by atoms with Crippen molar-refractivity contribution in [3.63, 3.8) is 0 Å². The molecule has 1 rings (SSSR count). The van der Waals surface area contributed by atoms with Crippen LogP contribution in [0.25, 0.3) is 6.20 Å². The molecule has 0 aliphatic carbocycles. The van der Waals surface area contributed by atoms with Gasteiger partial charge in [-0.15, -0.1) is 5.10 Å². The summed E-state index contributed by atoms with van der Waals surface area (Å²) in [5, 5.41) is 10.4. The van der Waals surface area contributed by atoms with Crippen molar-refractivity contribution in [3.8, 4) is 0 Å². The Labute approximate surface area is 113 Å². The van der Waals surface area contributed by atoms with Gasteiger partial charge in [0.1, 0.15) is 0 Å². The Morgan fingerprint density at radius 2 is 2.16 bits per heavy atom. The van der Waals surface area contributed by atoms with Crippen molar-refractivity contribution in [1.82, 2.24) is 20.3 Å². The van der Waals surface area contributed by atoms with Crippen molar-refractivity contribution in [2.24, 2.45) is 0 Å². The summed E-state index contributed by atoms with van der Waals surface area (Å²) >= 11 is 0. The first kappa shape index (κ1) is 15.4. The number of hydrogen-bond donors (Lipinski definition) is 1. The van der Waals surface area contributed by atoms with Crippen molar-refractivity contribution in [2.75, 3.05) is 13.7 Å². The minimum Gasteiger partial charge on any atom is -0.376 e. The molecule has 1 aromatic rings. The van der Waals surface area contributed by atoms with Crippen LogP contribution in [0.5, 0.6) is 0 Å². The molecule has 0 aromatic carbocycles. The molecule has 6 heteroatoms. The van der Waals surface area contributed by atoms with Gasteiger partial charge in [-0.05, 0) is 19.8 Å². The second kappa shape index (κ2) is 7.04. The summed E-state index contributed by atoms with van der Waals surface area (Å²) in [6.07, 6.45) is 6.58. The molecule has 19 heavy (non-hydrogen) atoms. The van der Waals surface area contributed by atoms with E-state index in [-0.39, 0.29) is 11.5 Å². The monoisotopic (exact) mass is 266 g/mol. The van der Waals surface area contributed by atoms with Gasteiger partial charge in [0.05, 0.1) is 18.0 Å². The van der Waals surface area contributed by atoms with E-state index >= 15 is 0 Å². The quantitative estimate of drug-likeness (QED) is 0.759. The fraction of sp³-hybridized carbons (Fsp3) is 0.615. The van der Waals surface area contributed by atoms with Gasteiger partial charge in [-0.3, -0.25) is 4.79 Å². The van der Waals surface area contributed by atoms with Crippen LogP contribution in [0, 0.1) is 0 Å². The number of amides is 1. The molecule has 0 fully saturated rings. The van der Waals surface area contributed by atoms with E-state index in [1.165, 1.54) is 4.68 Å². The van der Waals surface area contributed by atoms with E-state index in [1.54, 1.807) is 32.6 Å². The summed E-state index contributed by atoms with van der Waals surface area (Å²) in [4.78, 5) is 12.0. The Morgan fingerprint density at radius 3 is 2.63 bits per heavy atom. The lowest BCUT2D eigenvalue weighted by molar-refractivity contribution is -0.119. The van der Waals surface area contributed by atoms with Crippen molar-refractivity contribution in [3.05, 3.63) is 18.0 Å². The van der Waals surface area contributed by atoms with Gasteiger partial charge in [0.25, 0.3) is 0 Å². The maximum Gasteiger partial charge on any atom is 0.248 e. The summed E-state index contributed by atoms with van der Waals surface area (Å²) in [6, 6.07) is 0. The molecule has 1 amide bonds. The first-order chi connectivity index (χ1) is 9.06. The summed E-state index contributed by atoms with van der Waals surface area (Å²) in [5.74, 6) is -0.126. The number of rotatable bonds is 7. The Hall–Kier alpha value is -1.69. The zero-order valence-corrected chi connectivity index (χ0v) is 12.0. The molecule has 1 aromatic heterocycles. The topological polar surface area (TPSA) is 69.0 Å². The van der Waals surface area contributed by atoms with Gasteiger partial charge < -0.3 is 10.1 Å². The van der Waals surface area contributed by atoms with Crippen molar-refractivity contribution >= 4 is 12.1 Å². The minimum absolute atomic E-state index is 0.126. The van der Waals surface area contributed by atoms with Crippen LogP contribution >= 0.6 is 0 Å². The normalized spacial score (nSPS) is 12.5. The third-order valence-electron chi connectivity index (χ3n) is 3.42. The van der Waals surface area contributed by atoms with Crippen LogP contribution in [0.15, 0.2) is 18.0 Å². The molecule has 0 saturated carbocycles. The van der Waals surface area contributed by atoms with E-state index in [4.69, 9.17) is 4.74 Å². The zero-order valence-electron chi connectivity index (χ0n) is 12.0. The van der Waals surface area contributed by atoms with Crippen molar-refractivity contribution < 1.29 is 9.53 Å². The van der Waals surface area contributed by atoms with Gasteiger partial charge >= 0.3 is 0 Å². The number of hydrogen-bond acceptors (Lipinski definition) is 4. The number of nitrogens with one attached hydrogen (secondary N) is 1. The molecule has 0 spiro atoms. The molecule has 0 atom stereocenters. The highest BCUT2D eigenvalue weighted by Crippen LogP contribution is 2.18. The smallest absolute Gasteiger partial charge is 0.248 e. The molecule has 106 valence electrons. The molecule has 0 saturated heterocycles. The number of methoxy groups -OCH3 is 1. The first-order valence-corrected chi connectivity index (χ1v) is 6.44. The lowest BCUT2D eigenvalue weighted by Gasteiger charge is -2.30. The van der Waals surface area contributed by atoms with E-state index < -0.39 is 0 Å². The molecule has 0 aliphatic rings. The largest absolute Gasteiger partial charge is 0.376 e. The fourth-order valence-corrected chi connectivity index (χ4v) is 1.78. The highest BCUT2D eigenvalue weighted by molar-refractivity contribution is 5.95. The SMILES string of the molecule is CCC(CC)(CNC(=O)/C(C)=C/n1ccnn1)OC. The number of nitrogens with zero attached hydrogens (tertiary/aromatic N) is 3. The van der Waals surface area contributed by atoms with Crippen molar-refractivity contribution in [2.45, 2.75) is 39.2 Å². The molecular formula is C13H22N4O2. The number of carbonyl (C=O) groups excluding carboxylic acids is 1. The van der Waals surface area contributed by atoms with Crippen LogP contribution in [0.4, 0.5) is 0 Å². The third kappa shape index (κ3) is 4.17. The second-order valence-corrected chi connectivity index (χ2v) is 4.47. The first-order valence-electron chi connectivity index (χ1n) is 6.44. The molecule has 1 N–H and O–H groups in total. The molecule has 1 heterocycles. The van der Waals surface area contributed by atoms with Gasteiger partial charge in [-0.25, -0.2) is 4.68 Å². The van der Waals surface area contributed by atoms with Gasteiger partial charge in [0.2, 0.25) is 5.91 Å². The maximum absolute atomic E-state index is 12.0. The summed E-state index contributed by atoms with van der Waals surface area (Å²) in [6.45, 7) is 6.34. The molecule has 0 radical (unpaired) electrons. The Morgan fingerprint density at radius 1 is 1.47 bits per heavy atom. The van der Waals surface area contributed by atoms with Crippen LogP contribution in [0.3, 0.4) is 0 Å². The predicted octanol–water partition coefficient (Wildman–Crippen LogP) is 1.46. The van der Waals surface area contributed by atoms with E-state index in [0.717, 1.165) is 12.8 Å². The van der Waals surface area contributed by atoms with E-state index in [1.807, 2.05) is 0 Å². The Balaban J connectivity index is 2.60. The zero-order chi connectivity index (χ0) is 14.3. The number of aromatic nitrogens is 3. The molecule has 0 unspecified atom stereocenters. The van der Waals surface area contributed by atoms with Gasteiger partial charge in [0.15, 0.2) is 0 Å².